The Balaban J connectivity index is 2.18. The Morgan fingerprint density at radius 3 is 2.33 bits per heavy atom. The van der Waals surface area contributed by atoms with Crippen molar-refractivity contribution in [3.8, 4) is 0 Å². The average Bonchev–Trinajstić information content (AvgIpc) is 2.77. The standard InChI is InChI=1S/C17H27N/c1-5-14-6-7-15(11-14)17(18-4)16-9-12(2)8-13(3)10-16/h8-10,14-15,17-18H,5-7,11H2,1-4H3. The monoisotopic (exact) mass is 245 g/mol. The Kier molecular flexibility index (Phi) is 4.45. The van der Waals surface area contributed by atoms with E-state index in [0.29, 0.717) is 6.04 Å². The lowest BCUT2D eigenvalue weighted by atomic mass is 9.89. The van der Waals surface area contributed by atoms with Crippen LogP contribution in [-0.2, 0) is 0 Å². The first-order valence-corrected chi connectivity index (χ1v) is 7.39. The molecule has 0 saturated heterocycles. The van der Waals surface area contributed by atoms with Crippen LogP contribution in [0.25, 0.3) is 0 Å². The van der Waals surface area contributed by atoms with Gasteiger partial charge in [0.15, 0.2) is 0 Å². The smallest absolute Gasteiger partial charge is 0.0346 e. The molecule has 1 fully saturated rings. The predicted octanol–water partition coefficient (Wildman–Crippen LogP) is 4.39. The Labute approximate surface area is 112 Å². The lowest BCUT2D eigenvalue weighted by Gasteiger charge is -2.24. The summed E-state index contributed by atoms with van der Waals surface area (Å²) in [5, 5.41) is 3.56. The number of hydrogen-bond acceptors (Lipinski definition) is 1. The summed E-state index contributed by atoms with van der Waals surface area (Å²) in [7, 11) is 2.11. The van der Waals surface area contributed by atoms with Crippen molar-refractivity contribution in [2.75, 3.05) is 7.05 Å². The number of aryl methyl sites for hydroxylation is 2. The van der Waals surface area contributed by atoms with Crippen molar-refractivity contribution < 1.29 is 0 Å². The SMILES string of the molecule is CCC1CCC(C(NC)c2cc(C)cc(C)c2)C1. The highest BCUT2D eigenvalue weighted by atomic mass is 14.9. The summed E-state index contributed by atoms with van der Waals surface area (Å²) < 4.78 is 0. The quantitative estimate of drug-likeness (QED) is 0.829. The molecule has 0 aromatic heterocycles. The number of hydrogen-bond donors (Lipinski definition) is 1. The van der Waals surface area contributed by atoms with Crippen LogP contribution in [0.1, 0.15) is 55.3 Å². The van der Waals surface area contributed by atoms with Gasteiger partial charge in [-0.15, -0.1) is 0 Å². The maximum atomic E-state index is 3.56. The third-order valence-electron chi connectivity index (χ3n) is 4.54. The Hall–Kier alpha value is -0.820. The van der Waals surface area contributed by atoms with Crippen molar-refractivity contribution in [2.24, 2.45) is 11.8 Å². The Morgan fingerprint density at radius 2 is 1.83 bits per heavy atom. The van der Waals surface area contributed by atoms with Gasteiger partial charge in [-0.1, -0.05) is 49.1 Å². The van der Waals surface area contributed by atoms with Crippen molar-refractivity contribution in [3.05, 3.63) is 34.9 Å². The number of nitrogens with one attached hydrogen (secondary N) is 1. The minimum atomic E-state index is 0.542. The van der Waals surface area contributed by atoms with Crippen LogP contribution in [0.3, 0.4) is 0 Å². The van der Waals surface area contributed by atoms with Gasteiger partial charge in [0.1, 0.15) is 0 Å². The van der Waals surface area contributed by atoms with E-state index in [9.17, 15) is 0 Å². The van der Waals surface area contributed by atoms with Gasteiger partial charge >= 0.3 is 0 Å². The first-order chi connectivity index (χ1) is 8.63. The zero-order valence-electron chi connectivity index (χ0n) is 12.3. The van der Waals surface area contributed by atoms with Gasteiger partial charge in [0.2, 0.25) is 0 Å². The third-order valence-corrected chi connectivity index (χ3v) is 4.54. The van der Waals surface area contributed by atoms with E-state index in [0.717, 1.165) is 11.8 Å². The minimum absolute atomic E-state index is 0.542. The van der Waals surface area contributed by atoms with Crippen LogP contribution in [0.2, 0.25) is 0 Å². The molecule has 1 saturated carbocycles. The molecule has 0 aliphatic heterocycles. The summed E-state index contributed by atoms with van der Waals surface area (Å²) in [5.41, 5.74) is 4.25. The highest BCUT2D eigenvalue weighted by molar-refractivity contribution is 5.31. The van der Waals surface area contributed by atoms with Gasteiger partial charge in [0, 0.05) is 6.04 Å². The molecule has 3 unspecified atom stereocenters. The predicted molar refractivity (Wildman–Crippen MR) is 78.8 cm³/mol. The fourth-order valence-corrected chi connectivity index (χ4v) is 3.65. The molecule has 0 amide bonds. The van der Waals surface area contributed by atoms with Crippen LogP contribution in [0.5, 0.6) is 0 Å². The summed E-state index contributed by atoms with van der Waals surface area (Å²) in [6, 6.07) is 7.51. The number of benzene rings is 1. The topological polar surface area (TPSA) is 12.0 Å². The normalized spacial score (nSPS) is 25.3. The average molecular weight is 245 g/mol. The molecule has 0 heterocycles. The van der Waals surface area contributed by atoms with Gasteiger partial charge in [-0.2, -0.15) is 0 Å². The van der Waals surface area contributed by atoms with E-state index in [1.807, 2.05) is 0 Å². The highest BCUT2D eigenvalue weighted by Gasteiger charge is 2.30. The molecular weight excluding hydrogens is 218 g/mol. The van der Waals surface area contributed by atoms with Crippen LogP contribution < -0.4 is 5.32 Å². The second-order valence-corrected chi connectivity index (χ2v) is 6.03. The molecule has 2 rings (SSSR count). The van der Waals surface area contributed by atoms with E-state index in [4.69, 9.17) is 0 Å². The summed E-state index contributed by atoms with van der Waals surface area (Å²) in [6.45, 7) is 6.73. The summed E-state index contributed by atoms with van der Waals surface area (Å²) >= 11 is 0. The molecular formula is C17H27N. The molecule has 0 bridgehead atoms. The van der Waals surface area contributed by atoms with Crippen molar-refractivity contribution in [2.45, 2.75) is 52.5 Å². The van der Waals surface area contributed by atoms with Crippen molar-refractivity contribution in [3.63, 3.8) is 0 Å². The van der Waals surface area contributed by atoms with Crippen molar-refractivity contribution in [1.82, 2.24) is 5.32 Å². The van der Waals surface area contributed by atoms with Crippen LogP contribution in [-0.4, -0.2) is 7.05 Å². The van der Waals surface area contributed by atoms with Crippen molar-refractivity contribution >= 4 is 0 Å². The fraction of sp³-hybridized carbons (Fsp3) is 0.647. The maximum absolute atomic E-state index is 3.56. The summed E-state index contributed by atoms with van der Waals surface area (Å²) in [4.78, 5) is 0. The Morgan fingerprint density at radius 1 is 1.17 bits per heavy atom. The van der Waals surface area contributed by atoms with Gasteiger partial charge in [-0.3, -0.25) is 0 Å². The van der Waals surface area contributed by atoms with Gasteiger partial charge in [0.25, 0.3) is 0 Å². The van der Waals surface area contributed by atoms with Crippen LogP contribution in [0.4, 0.5) is 0 Å². The molecule has 1 aromatic rings. The van der Waals surface area contributed by atoms with E-state index in [-0.39, 0.29) is 0 Å². The van der Waals surface area contributed by atoms with Gasteiger partial charge in [0.05, 0.1) is 0 Å². The highest BCUT2D eigenvalue weighted by Crippen LogP contribution is 2.40. The van der Waals surface area contributed by atoms with Gasteiger partial charge in [-0.05, 0) is 51.1 Å². The first-order valence-electron chi connectivity index (χ1n) is 7.39. The van der Waals surface area contributed by atoms with E-state index < -0.39 is 0 Å². The summed E-state index contributed by atoms with van der Waals surface area (Å²) in [5.74, 6) is 1.78. The molecule has 1 aliphatic rings. The zero-order chi connectivity index (χ0) is 13.1. The molecule has 18 heavy (non-hydrogen) atoms. The zero-order valence-corrected chi connectivity index (χ0v) is 12.3. The molecule has 100 valence electrons. The second kappa shape index (κ2) is 5.88. The minimum Gasteiger partial charge on any atom is -0.313 e. The summed E-state index contributed by atoms with van der Waals surface area (Å²) in [6.07, 6.45) is 5.55. The second-order valence-electron chi connectivity index (χ2n) is 6.03. The van der Waals surface area contributed by atoms with Crippen LogP contribution in [0, 0.1) is 25.7 Å². The van der Waals surface area contributed by atoms with E-state index >= 15 is 0 Å². The Bertz CT molecular complexity index is 376. The molecule has 0 spiro atoms. The van der Waals surface area contributed by atoms with E-state index in [1.165, 1.54) is 42.4 Å². The lowest BCUT2D eigenvalue weighted by Crippen LogP contribution is -2.24. The molecule has 1 heteroatoms. The van der Waals surface area contributed by atoms with Crippen LogP contribution in [0.15, 0.2) is 18.2 Å². The fourth-order valence-electron chi connectivity index (χ4n) is 3.65. The van der Waals surface area contributed by atoms with Gasteiger partial charge < -0.3 is 5.32 Å². The van der Waals surface area contributed by atoms with Crippen molar-refractivity contribution in [1.29, 1.82) is 0 Å². The maximum Gasteiger partial charge on any atom is 0.0346 e. The van der Waals surface area contributed by atoms with E-state index in [1.54, 1.807) is 0 Å². The molecule has 1 nitrogen and oxygen atoms in total. The molecule has 0 radical (unpaired) electrons. The van der Waals surface area contributed by atoms with Crippen LogP contribution >= 0.6 is 0 Å². The third kappa shape index (κ3) is 2.95. The van der Waals surface area contributed by atoms with Gasteiger partial charge in [-0.25, -0.2) is 0 Å². The largest absolute Gasteiger partial charge is 0.313 e. The van der Waals surface area contributed by atoms with E-state index in [2.05, 4.69) is 51.3 Å². The lowest BCUT2D eigenvalue weighted by molar-refractivity contribution is 0.372. The molecule has 3 atom stereocenters. The molecule has 1 aromatic carbocycles. The number of rotatable bonds is 4. The molecule has 1 aliphatic carbocycles. The molecule has 1 N–H and O–H groups in total. The first kappa shape index (κ1) is 13.6.